The van der Waals surface area contributed by atoms with E-state index < -0.39 is 49.8 Å². The van der Waals surface area contributed by atoms with Gasteiger partial charge in [0.25, 0.3) is 0 Å². The van der Waals surface area contributed by atoms with Gasteiger partial charge in [-0.15, -0.1) is 0 Å². The molecule has 1 rings (SSSR count). The molecule has 0 aliphatic carbocycles. The summed E-state index contributed by atoms with van der Waals surface area (Å²) in [6.45, 7) is 5.73. The van der Waals surface area contributed by atoms with Crippen LogP contribution in [0.1, 0.15) is 110 Å². The lowest BCUT2D eigenvalue weighted by molar-refractivity contribution is 0.153. The van der Waals surface area contributed by atoms with Gasteiger partial charge in [-0.1, -0.05) is 97.8 Å². The van der Waals surface area contributed by atoms with E-state index in [9.17, 15) is 22.0 Å². The van der Waals surface area contributed by atoms with Crippen molar-refractivity contribution in [3.8, 4) is 0 Å². The molecule has 1 aromatic rings. The van der Waals surface area contributed by atoms with Crippen LogP contribution in [0.4, 0.5) is 22.0 Å². The van der Waals surface area contributed by atoms with Crippen molar-refractivity contribution in [3.05, 3.63) is 34.6 Å². The molecule has 0 saturated heterocycles. The normalized spacial score (nSPS) is 12.0. The molecule has 0 bridgehead atoms. The van der Waals surface area contributed by atoms with Gasteiger partial charge in [0.15, 0.2) is 23.3 Å². The van der Waals surface area contributed by atoms with E-state index in [0.717, 1.165) is 19.3 Å². The number of hydrogen-bond donors (Lipinski definition) is 0. The van der Waals surface area contributed by atoms with Gasteiger partial charge in [0.2, 0.25) is 5.82 Å². The lowest BCUT2D eigenvalue weighted by Gasteiger charge is -2.29. The minimum atomic E-state index is -2.80. The summed E-state index contributed by atoms with van der Waals surface area (Å²) in [6, 6.07) is 1.05. The minimum Gasteiger partial charge on any atom is -0.394 e. The lowest BCUT2D eigenvalue weighted by atomic mass is 10.0. The second-order valence-electron chi connectivity index (χ2n) is 9.05. The van der Waals surface area contributed by atoms with E-state index in [4.69, 9.17) is 8.85 Å². The molecule has 0 radical (unpaired) electrons. The fourth-order valence-electron chi connectivity index (χ4n) is 4.06. The molecule has 0 unspecified atom stereocenters. The maximum absolute atomic E-state index is 13.9. The Labute approximate surface area is 203 Å². The predicted molar refractivity (Wildman–Crippen MR) is 129 cm³/mol. The summed E-state index contributed by atoms with van der Waals surface area (Å²) >= 11 is 0. The highest BCUT2D eigenvalue weighted by atomic mass is 28.4. The molecule has 8 heteroatoms. The Morgan fingerprint density at radius 1 is 0.500 bits per heavy atom. The van der Waals surface area contributed by atoms with Crippen LogP contribution in [0.5, 0.6) is 0 Å². The molecule has 2 nitrogen and oxygen atoms in total. The molecule has 0 saturated carbocycles. The summed E-state index contributed by atoms with van der Waals surface area (Å²) in [4.78, 5) is 0. The van der Waals surface area contributed by atoms with E-state index in [1.165, 1.54) is 64.2 Å². The van der Waals surface area contributed by atoms with E-state index in [1.54, 1.807) is 0 Å². The largest absolute Gasteiger partial charge is 0.394 e. The Bertz CT molecular complexity index is 669. The third-order valence-corrected chi connectivity index (χ3v) is 10.0. The van der Waals surface area contributed by atoms with Crippen molar-refractivity contribution in [1.29, 1.82) is 0 Å². The Morgan fingerprint density at radius 2 is 0.882 bits per heavy atom. The number of unbranched alkanes of at least 4 members (excludes halogenated alkanes) is 12. The van der Waals surface area contributed by atoms with Crippen LogP contribution < -0.4 is 0 Å². The van der Waals surface area contributed by atoms with Gasteiger partial charge in [0, 0.05) is 6.61 Å². The maximum atomic E-state index is 13.9. The van der Waals surface area contributed by atoms with Gasteiger partial charge in [-0.2, -0.15) is 0 Å². The second-order valence-corrected chi connectivity index (χ2v) is 12.9. The van der Waals surface area contributed by atoms with Gasteiger partial charge in [-0.3, -0.25) is 0 Å². The SMILES string of the molecule is CCCCCCCCCCCCCCCO[Si](CC)(CC)OCc1c(F)c(F)c(F)c(F)c1F. The molecule has 0 atom stereocenters. The molecule has 0 fully saturated rings. The summed E-state index contributed by atoms with van der Waals surface area (Å²) in [7, 11) is -2.80. The average Bonchev–Trinajstić information content (AvgIpc) is 2.85. The van der Waals surface area contributed by atoms with Gasteiger partial charge >= 0.3 is 8.56 Å². The molecule has 0 aliphatic heterocycles. The zero-order valence-electron chi connectivity index (χ0n) is 21.2. The van der Waals surface area contributed by atoms with Crippen molar-refractivity contribution in [3.63, 3.8) is 0 Å². The van der Waals surface area contributed by atoms with E-state index in [2.05, 4.69) is 6.92 Å². The molecule has 0 N–H and O–H groups in total. The monoisotopic (exact) mass is 510 g/mol. The molecule has 34 heavy (non-hydrogen) atoms. The first-order chi connectivity index (χ1) is 16.3. The van der Waals surface area contributed by atoms with Crippen molar-refractivity contribution in [2.24, 2.45) is 0 Å². The summed E-state index contributed by atoms with van der Waals surface area (Å²) in [6.07, 6.45) is 16.1. The van der Waals surface area contributed by atoms with Crippen LogP contribution >= 0.6 is 0 Å². The van der Waals surface area contributed by atoms with Crippen molar-refractivity contribution in [2.75, 3.05) is 6.61 Å². The van der Waals surface area contributed by atoms with Crippen molar-refractivity contribution >= 4 is 8.56 Å². The molecule has 0 aromatic heterocycles. The lowest BCUT2D eigenvalue weighted by Crippen LogP contribution is -2.41. The Hall–Kier alpha value is -0.993. The number of benzene rings is 1. The third-order valence-electron chi connectivity index (χ3n) is 6.47. The van der Waals surface area contributed by atoms with Crippen LogP contribution in [0.25, 0.3) is 0 Å². The molecule has 1 aromatic carbocycles. The zero-order valence-corrected chi connectivity index (χ0v) is 22.2. The summed E-state index contributed by atoms with van der Waals surface area (Å²) in [5, 5.41) is 0. The van der Waals surface area contributed by atoms with Crippen LogP contribution in [0, 0.1) is 29.1 Å². The van der Waals surface area contributed by atoms with Crippen molar-refractivity contribution in [2.45, 2.75) is 123 Å². The van der Waals surface area contributed by atoms with Crippen molar-refractivity contribution < 1.29 is 30.8 Å². The fraction of sp³-hybridized carbons (Fsp3) is 0.769. The summed E-state index contributed by atoms with van der Waals surface area (Å²) in [5.74, 6) is -9.76. The fourth-order valence-corrected chi connectivity index (χ4v) is 6.38. The first kappa shape index (κ1) is 31.0. The average molecular weight is 511 g/mol. The minimum absolute atomic E-state index is 0.475. The molecule has 0 aliphatic rings. The Morgan fingerprint density at radius 3 is 1.29 bits per heavy atom. The standard InChI is InChI=1S/C26H43F5O2Si/c1-4-7-8-9-10-11-12-13-14-15-16-17-18-19-32-34(5-2,6-3)33-20-21-22(27)24(29)26(31)25(30)23(21)28/h4-20H2,1-3H3. The smallest absolute Gasteiger partial charge is 0.337 e. The van der Waals surface area contributed by atoms with Crippen LogP contribution in [0.2, 0.25) is 12.1 Å². The molecule has 0 amide bonds. The zero-order chi connectivity index (χ0) is 25.4. The topological polar surface area (TPSA) is 18.5 Å². The van der Waals surface area contributed by atoms with Crippen molar-refractivity contribution in [1.82, 2.24) is 0 Å². The van der Waals surface area contributed by atoms with E-state index in [1.807, 2.05) is 13.8 Å². The highest BCUT2D eigenvalue weighted by Gasteiger charge is 2.35. The molecular formula is C26H43F5O2Si. The first-order valence-corrected chi connectivity index (χ1v) is 15.3. The van der Waals surface area contributed by atoms with Crippen LogP contribution in [-0.4, -0.2) is 15.2 Å². The summed E-state index contributed by atoms with van der Waals surface area (Å²) < 4.78 is 79.8. The maximum Gasteiger partial charge on any atom is 0.337 e. The predicted octanol–water partition coefficient (Wildman–Crippen LogP) is 9.49. The van der Waals surface area contributed by atoms with Gasteiger partial charge in [-0.25, -0.2) is 22.0 Å². The highest BCUT2D eigenvalue weighted by molar-refractivity contribution is 6.67. The van der Waals surface area contributed by atoms with Gasteiger partial charge in [-0.05, 0) is 18.5 Å². The van der Waals surface area contributed by atoms with Crippen LogP contribution in [0.15, 0.2) is 0 Å². The van der Waals surface area contributed by atoms with Gasteiger partial charge < -0.3 is 8.85 Å². The van der Waals surface area contributed by atoms with Crippen LogP contribution in [-0.2, 0) is 15.5 Å². The number of hydrogen-bond acceptors (Lipinski definition) is 2. The highest BCUT2D eigenvalue weighted by Crippen LogP contribution is 2.27. The number of halogens is 5. The molecule has 198 valence electrons. The third kappa shape index (κ3) is 10.3. The first-order valence-electron chi connectivity index (χ1n) is 13.1. The molecule has 0 heterocycles. The van der Waals surface area contributed by atoms with E-state index in [-0.39, 0.29) is 0 Å². The van der Waals surface area contributed by atoms with E-state index in [0.29, 0.717) is 18.7 Å². The van der Waals surface area contributed by atoms with Gasteiger partial charge in [0.05, 0.1) is 12.2 Å². The van der Waals surface area contributed by atoms with Gasteiger partial charge in [0.1, 0.15) is 0 Å². The quantitative estimate of drug-likeness (QED) is 0.0572. The Balaban J connectivity index is 2.30. The summed E-state index contributed by atoms with van der Waals surface area (Å²) in [5.41, 5.74) is -0.945. The molecular weight excluding hydrogens is 467 g/mol. The Kier molecular flexibility index (Phi) is 15.9. The van der Waals surface area contributed by atoms with Crippen LogP contribution in [0.3, 0.4) is 0 Å². The second kappa shape index (κ2) is 17.4. The molecule has 0 spiro atoms. The number of rotatable bonds is 20. The van der Waals surface area contributed by atoms with E-state index >= 15 is 0 Å².